The number of carbonyl (C=O) groups is 1. The van der Waals surface area contributed by atoms with Crippen molar-refractivity contribution >= 4 is 27.4 Å². The van der Waals surface area contributed by atoms with Crippen LogP contribution < -0.4 is 14.4 Å². The number of amides is 1. The summed E-state index contributed by atoms with van der Waals surface area (Å²) in [6.45, 7) is 1.70. The minimum absolute atomic E-state index is 0.0535. The molecule has 0 aliphatic carbocycles. The molecule has 1 amide bonds. The number of ether oxygens (including phenoxy) is 1. The molecule has 4 rings (SSSR count). The van der Waals surface area contributed by atoms with E-state index in [0.29, 0.717) is 17.1 Å². The van der Waals surface area contributed by atoms with E-state index >= 15 is 0 Å². The van der Waals surface area contributed by atoms with Crippen LogP contribution in [0.25, 0.3) is 0 Å². The zero-order chi connectivity index (χ0) is 20.8. The molecular formula is C20H16FN3O4S. The maximum absolute atomic E-state index is 14.1. The smallest absolute Gasteiger partial charge is 0.263 e. The third-order valence-corrected chi connectivity index (χ3v) is 5.82. The Labute approximate surface area is 166 Å². The SMILES string of the molecule is Cc1ccc(NS(=O)(=O)c2ccc3c(c2)C(=O)N(C)c2ncccc2O3)c(F)c1. The van der Waals surface area contributed by atoms with E-state index in [4.69, 9.17) is 4.74 Å². The summed E-state index contributed by atoms with van der Waals surface area (Å²) in [5.41, 5.74) is 0.536. The van der Waals surface area contributed by atoms with Crippen LogP contribution in [-0.4, -0.2) is 26.4 Å². The van der Waals surface area contributed by atoms with E-state index < -0.39 is 21.7 Å². The fraction of sp³-hybridized carbons (Fsp3) is 0.100. The van der Waals surface area contributed by atoms with E-state index in [9.17, 15) is 17.6 Å². The molecule has 3 aromatic rings. The van der Waals surface area contributed by atoms with Crippen molar-refractivity contribution in [3.05, 3.63) is 71.7 Å². The second-order valence-corrected chi connectivity index (χ2v) is 8.22. The molecule has 9 heteroatoms. The molecule has 0 saturated heterocycles. The highest BCUT2D eigenvalue weighted by atomic mass is 32.2. The summed E-state index contributed by atoms with van der Waals surface area (Å²) in [5.74, 6) is -0.274. The van der Waals surface area contributed by atoms with E-state index in [1.807, 2.05) is 0 Å². The maximum Gasteiger partial charge on any atom is 0.263 e. The van der Waals surface area contributed by atoms with Gasteiger partial charge < -0.3 is 4.74 Å². The summed E-state index contributed by atoms with van der Waals surface area (Å²) in [7, 11) is -2.61. The Morgan fingerprint density at radius 3 is 2.66 bits per heavy atom. The van der Waals surface area contributed by atoms with Gasteiger partial charge in [-0.3, -0.25) is 14.4 Å². The Bertz CT molecular complexity index is 1240. The topological polar surface area (TPSA) is 88.6 Å². The molecule has 1 aliphatic heterocycles. The van der Waals surface area contributed by atoms with Crippen molar-refractivity contribution in [3.63, 3.8) is 0 Å². The van der Waals surface area contributed by atoms with Gasteiger partial charge in [0.25, 0.3) is 15.9 Å². The largest absolute Gasteiger partial charge is 0.453 e. The number of hydrogen-bond donors (Lipinski definition) is 1. The fourth-order valence-electron chi connectivity index (χ4n) is 2.95. The van der Waals surface area contributed by atoms with Crippen molar-refractivity contribution in [2.75, 3.05) is 16.7 Å². The predicted octanol–water partition coefficient (Wildman–Crippen LogP) is 3.71. The number of aromatic nitrogens is 1. The van der Waals surface area contributed by atoms with Crippen LogP contribution in [0.1, 0.15) is 15.9 Å². The van der Waals surface area contributed by atoms with Crippen LogP contribution in [0.2, 0.25) is 0 Å². The first-order valence-electron chi connectivity index (χ1n) is 8.60. The molecular weight excluding hydrogens is 397 g/mol. The minimum Gasteiger partial charge on any atom is -0.453 e. The number of hydrogen-bond acceptors (Lipinski definition) is 5. The molecule has 2 aromatic carbocycles. The van der Waals surface area contributed by atoms with Crippen molar-refractivity contribution in [3.8, 4) is 11.5 Å². The van der Waals surface area contributed by atoms with Crippen molar-refractivity contribution in [2.24, 2.45) is 0 Å². The molecule has 0 bridgehead atoms. The monoisotopic (exact) mass is 413 g/mol. The molecule has 0 radical (unpaired) electrons. The number of aryl methyl sites for hydroxylation is 1. The number of rotatable bonds is 3. The number of nitrogens with one attached hydrogen (secondary N) is 1. The molecule has 1 aromatic heterocycles. The lowest BCUT2D eigenvalue weighted by atomic mass is 10.2. The molecule has 0 fully saturated rings. The molecule has 29 heavy (non-hydrogen) atoms. The van der Waals surface area contributed by atoms with Crippen LogP contribution in [0, 0.1) is 12.7 Å². The average molecular weight is 413 g/mol. The highest BCUT2D eigenvalue weighted by Gasteiger charge is 2.28. The van der Waals surface area contributed by atoms with Crippen LogP contribution in [0.5, 0.6) is 11.5 Å². The highest BCUT2D eigenvalue weighted by molar-refractivity contribution is 7.92. The van der Waals surface area contributed by atoms with Gasteiger partial charge in [-0.05, 0) is 55.0 Å². The Balaban J connectivity index is 1.74. The van der Waals surface area contributed by atoms with Gasteiger partial charge in [-0.1, -0.05) is 6.07 Å². The van der Waals surface area contributed by atoms with E-state index in [-0.39, 0.29) is 21.9 Å². The van der Waals surface area contributed by atoms with Gasteiger partial charge in [0.1, 0.15) is 11.6 Å². The van der Waals surface area contributed by atoms with Gasteiger partial charge >= 0.3 is 0 Å². The first kappa shape index (κ1) is 18.9. The first-order chi connectivity index (χ1) is 13.8. The molecule has 0 spiro atoms. The second-order valence-electron chi connectivity index (χ2n) is 6.54. The summed E-state index contributed by atoms with van der Waals surface area (Å²) in [4.78, 5) is 18.1. The number of nitrogens with zero attached hydrogens (tertiary/aromatic N) is 2. The molecule has 0 atom stereocenters. The van der Waals surface area contributed by atoms with Gasteiger partial charge in [0.2, 0.25) is 0 Å². The molecule has 0 unspecified atom stereocenters. The summed E-state index contributed by atoms with van der Waals surface area (Å²) >= 11 is 0. The Hall–Kier alpha value is -3.46. The van der Waals surface area contributed by atoms with Gasteiger partial charge in [0.15, 0.2) is 11.6 Å². The molecule has 1 aliphatic rings. The zero-order valence-electron chi connectivity index (χ0n) is 15.5. The quantitative estimate of drug-likeness (QED) is 0.707. The number of fused-ring (bicyclic) bond motifs is 2. The molecule has 7 nitrogen and oxygen atoms in total. The van der Waals surface area contributed by atoms with Crippen molar-refractivity contribution in [1.29, 1.82) is 0 Å². The first-order valence-corrected chi connectivity index (χ1v) is 10.1. The standard InChI is InChI=1S/C20H16FN3O4S/c1-12-5-7-16(15(21)10-12)23-29(26,27)13-6-8-17-14(11-13)20(25)24(2)19-18(28-17)4-3-9-22-19/h3-11,23H,1-2H3. The number of pyridine rings is 1. The van der Waals surface area contributed by atoms with Crippen LogP contribution in [0.3, 0.4) is 0 Å². The number of anilines is 2. The molecule has 1 N–H and O–H groups in total. The Morgan fingerprint density at radius 2 is 1.90 bits per heavy atom. The van der Waals surface area contributed by atoms with Crippen molar-refractivity contribution in [2.45, 2.75) is 11.8 Å². The Morgan fingerprint density at radius 1 is 1.10 bits per heavy atom. The molecule has 148 valence electrons. The van der Waals surface area contributed by atoms with Gasteiger partial charge in [0.05, 0.1) is 16.1 Å². The summed E-state index contributed by atoms with van der Waals surface area (Å²) in [6, 6.07) is 11.4. The number of carbonyl (C=O) groups excluding carboxylic acids is 1. The maximum atomic E-state index is 14.1. The van der Waals surface area contributed by atoms with E-state index in [0.717, 1.165) is 0 Å². The lowest BCUT2D eigenvalue weighted by Gasteiger charge is -2.14. The third-order valence-electron chi connectivity index (χ3n) is 4.45. The summed E-state index contributed by atoms with van der Waals surface area (Å²) < 4.78 is 47.6. The predicted molar refractivity (Wildman–Crippen MR) is 105 cm³/mol. The zero-order valence-corrected chi connectivity index (χ0v) is 16.3. The third kappa shape index (κ3) is 3.40. The van der Waals surface area contributed by atoms with E-state index in [1.165, 1.54) is 48.5 Å². The highest BCUT2D eigenvalue weighted by Crippen LogP contribution is 2.37. The van der Waals surface area contributed by atoms with Gasteiger partial charge in [-0.2, -0.15) is 0 Å². The van der Waals surface area contributed by atoms with Crippen LogP contribution in [0.15, 0.2) is 59.6 Å². The fourth-order valence-corrected chi connectivity index (χ4v) is 4.04. The van der Waals surface area contributed by atoms with Gasteiger partial charge in [0, 0.05) is 13.2 Å². The lowest BCUT2D eigenvalue weighted by Crippen LogP contribution is -2.26. The number of benzene rings is 2. The van der Waals surface area contributed by atoms with Gasteiger partial charge in [-0.15, -0.1) is 0 Å². The van der Waals surface area contributed by atoms with Crippen LogP contribution >= 0.6 is 0 Å². The van der Waals surface area contributed by atoms with E-state index in [1.54, 1.807) is 25.1 Å². The molecule has 0 saturated carbocycles. The van der Waals surface area contributed by atoms with Crippen molar-refractivity contribution in [1.82, 2.24) is 4.98 Å². The van der Waals surface area contributed by atoms with Crippen LogP contribution in [0.4, 0.5) is 15.9 Å². The molecule has 2 heterocycles. The number of halogens is 1. The van der Waals surface area contributed by atoms with E-state index in [2.05, 4.69) is 9.71 Å². The van der Waals surface area contributed by atoms with Crippen molar-refractivity contribution < 1.29 is 22.3 Å². The average Bonchev–Trinajstić information content (AvgIpc) is 2.79. The van der Waals surface area contributed by atoms with Crippen LogP contribution in [-0.2, 0) is 10.0 Å². The Kier molecular flexibility index (Phi) is 4.46. The van der Waals surface area contributed by atoms with Gasteiger partial charge in [-0.25, -0.2) is 17.8 Å². The minimum atomic E-state index is -4.13. The second kappa shape index (κ2) is 6.85. The summed E-state index contributed by atoms with van der Waals surface area (Å²) in [6.07, 6.45) is 1.53. The lowest BCUT2D eigenvalue weighted by molar-refractivity contribution is 0.0992. The normalized spacial score (nSPS) is 13.2. The number of sulfonamides is 1. The summed E-state index contributed by atoms with van der Waals surface area (Å²) in [5, 5.41) is 0.